The number of para-hydroxylation sites is 1. The van der Waals surface area contributed by atoms with Crippen LogP contribution in [0.15, 0.2) is 18.2 Å². The van der Waals surface area contributed by atoms with Crippen molar-refractivity contribution in [3.63, 3.8) is 0 Å². The molecule has 0 aliphatic carbocycles. The van der Waals surface area contributed by atoms with Gasteiger partial charge in [-0.25, -0.2) is 0 Å². The summed E-state index contributed by atoms with van der Waals surface area (Å²) >= 11 is 0. The Hall–Kier alpha value is -1.26. The molecule has 1 aromatic carbocycles. The molecule has 1 aromatic rings. The highest BCUT2D eigenvalue weighted by Gasteiger charge is 2.15. The minimum atomic E-state index is 0.560. The van der Waals surface area contributed by atoms with Gasteiger partial charge in [-0.2, -0.15) is 0 Å². The van der Waals surface area contributed by atoms with Gasteiger partial charge in [0.1, 0.15) is 0 Å². The van der Waals surface area contributed by atoms with Crippen molar-refractivity contribution in [1.29, 1.82) is 0 Å². The molecule has 1 fully saturated rings. The van der Waals surface area contributed by atoms with Crippen LogP contribution in [-0.2, 0) is 6.54 Å². The highest BCUT2D eigenvalue weighted by molar-refractivity contribution is 5.46. The summed E-state index contributed by atoms with van der Waals surface area (Å²) < 4.78 is 11.4. The summed E-state index contributed by atoms with van der Waals surface area (Å²) in [5.74, 6) is 1.71. The third kappa shape index (κ3) is 4.12. The van der Waals surface area contributed by atoms with Crippen molar-refractivity contribution in [3.8, 4) is 11.5 Å². The average molecular weight is 278 g/mol. The van der Waals surface area contributed by atoms with Crippen molar-refractivity contribution in [1.82, 2.24) is 10.6 Å². The van der Waals surface area contributed by atoms with Crippen LogP contribution in [0.1, 0.15) is 31.7 Å². The van der Waals surface area contributed by atoms with Gasteiger partial charge in [0.25, 0.3) is 0 Å². The van der Waals surface area contributed by atoms with E-state index in [1.54, 1.807) is 7.11 Å². The molecule has 0 amide bonds. The molecule has 0 bridgehead atoms. The van der Waals surface area contributed by atoms with Crippen LogP contribution in [-0.4, -0.2) is 32.8 Å². The van der Waals surface area contributed by atoms with Crippen LogP contribution in [0.25, 0.3) is 0 Å². The Morgan fingerprint density at radius 2 is 2.30 bits per heavy atom. The minimum Gasteiger partial charge on any atom is -0.493 e. The quantitative estimate of drug-likeness (QED) is 0.716. The molecule has 1 aliphatic heterocycles. The fraction of sp³-hybridized carbons (Fsp3) is 0.625. The molecule has 0 saturated carbocycles. The fourth-order valence-electron chi connectivity index (χ4n) is 2.43. The highest BCUT2D eigenvalue weighted by Crippen LogP contribution is 2.31. The van der Waals surface area contributed by atoms with Crippen molar-refractivity contribution in [2.75, 3.05) is 26.8 Å². The number of ether oxygens (including phenoxy) is 2. The second kappa shape index (κ2) is 8.12. The first-order valence-corrected chi connectivity index (χ1v) is 7.58. The van der Waals surface area contributed by atoms with E-state index in [0.29, 0.717) is 6.04 Å². The van der Waals surface area contributed by atoms with Gasteiger partial charge in [0.2, 0.25) is 0 Å². The Labute approximate surface area is 121 Å². The van der Waals surface area contributed by atoms with Gasteiger partial charge in [0, 0.05) is 24.7 Å². The summed E-state index contributed by atoms with van der Waals surface area (Å²) in [4.78, 5) is 0. The molecule has 1 heterocycles. The summed E-state index contributed by atoms with van der Waals surface area (Å²) in [6.07, 6.45) is 3.39. The van der Waals surface area contributed by atoms with E-state index in [1.807, 2.05) is 12.1 Å². The molecule has 0 spiro atoms. The molecular formula is C16H26N2O2. The van der Waals surface area contributed by atoms with E-state index in [2.05, 4.69) is 23.6 Å². The average Bonchev–Trinajstić information content (AvgIpc) is 2.99. The Kier molecular flexibility index (Phi) is 6.15. The fourth-order valence-corrected chi connectivity index (χ4v) is 2.43. The van der Waals surface area contributed by atoms with Crippen molar-refractivity contribution in [2.24, 2.45) is 0 Å². The maximum atomic E-state index is 5.93. The van der Waals surface area contributed by atoms with E-state index >= 15 is 0 Å². The molecule has 4 heteroatoms. The Balaban J connectivity index is 2.00. The van der Waals surface area contributed by atoms with E-state index in [9.17, 15) is 0 Å². The Morgan fingerprint density at radius 1 is 1.40 bits per heavy atom. The zero-order valence-corrected chi connectivity index (χ0v) is 12.6. The summed E-state index contributed by atoms with van der Waals surface area (Å²) in [5, 5.41) is 6.95. The molecule has 2 N–H and O–H groups in total. The van der Waals surface area contributed by atoms with Crippen molar-refractivity contribution >= 4 is 0 Å². The van der Waals surface area contributed by atoms with Gasteiger partial charge in [-0.05, 0) is 25.5 Å². The predicted octanol–water partition coefficient (Wildman–Crippen LogP) is 2.33. The molecule has 4 nitrogen and oxygen atoms in total. The van der Waals surface area contributed by atoms with Crippen LogP contribution >= 0.6 is 0 Å². The zero-order chi connectivity index (χ0) is 14.2. The zero-order valence-electron chi connectivity index (χ0n) is 12.6. The second-order valence-corrected chi connectivity index (χ2v) is 5.22. The first kappa shape index (κ1) is 15.1. The summed E-state index contributed by atoms with van der Waals surface area (Å²) in [6.45, 7) is 5.90. The van der Waals surface area contributed by atoms with Crippen LogP contribution in [0, 0.1) is 0 Å². The first-order valence-electron chi connectivity index (χ1n) is 7.58. The molecule has 1 saturated heterocycles. The Morgan fingerprint density at radius 3 is 3.00 bits per heavy atom. The number of hydrogen-bond donors (Lipinski definition) is 2. The highest BCUT2D eigenvalue weighted by atomic mass is 16.5. The lowest BCUT2D eigenvalue weighted by molar-refractivity contribution is 0.284. The van der Waals surface area contributed by atoms with Gasteiger partial charge in [0.05, 0.1) is 13.7 Å². The van der Waals surface area contributed by atoms with Crippen LogP contribution in [0.5, 0.6) is 11.5 Å². The number of rotatable bonds is 8. The van der Waals surface area contributed by atoms with E-state index < -0.39 is 0 Å². The lowest BCUT2D eigenvalue weighted by Gasteiger charge is -2.17. The number of nitrogens with one attached hydrogen (secondary N) is 2. The number of benzene rings is 1. The predicted molar refractivity (Wildman–Crippen MR) is 81.5 cm³/mol. The third-order valence-corrected chi connectivity index (χ3v) is 3.67. The normalized spacial score (nSPS) is 18.2. The number of unbranched alkanes of at least 4 members (excludes halogenated alkanes) is 1. The molecule has 0 radical (unpaired) electrons. The standard InChI is InChI=1S/C16H26N2O2/c1-3-4-10-20-16-13(6-5-7-15(16)19-2)11-18-14-8-9-17-12-14/h5-7,14,17-18H,3-4,8-12H2,1-2H3. The van der Waals surface area contributed by atoms with Gasteiger partial charge in [0.15, 0.2) is 11.5 Å². The summed E-state index contributed by atoms with van der Waals surface area (Å²) in [5.41, 5.74) is 1.17. The molecule has 1 aliphatic rings. The van der Waals surface area contributed by atoms with E-state index in [0.717, 1.165) is 50.6 Å². The van der Waals surface area contributed by atoms with Crippen molar-refractivity contribution < 1.29 is 9.47 Å². The summed E-state index contributed by atoms with van der Waals surface area (Å²) in [7, 11) is 1.69. The lowest BCUT2D eigenvalue weighted by Crippen LogP contribution is -2.30. The van der Waals surface area contributed by atoms with Crippen LogP contribution in [0.4, 0.5) is 0 Å². The van der Waals surface area contributed by atoms with Crippen LogP contribution in [0.3, 0.4) is 0 Å². The van der Waals surface area contributed by atoms with Gasteiger partial charge >= 0.3 is 0 Å². The van der Waals surface area contributed by atoms with Gasteiger partial charge in [-0.15, -0.1) is 0 Å². The summed E-state index contributed by atoms with van der Waals surface area (Å²) in [6, 6.07) is 6.65. The second-order valence-electron chi connectivity index (χ2n) is 5.22. The van der Waals surface area contributed by atoms with Crippen molar-refractivity contribution in [2.45, 2.75) is 38.8 Å². The Bertz CT molecular complexity index is 403. The van der Waals surface area contributed by atoms with Gasteiger partial charge in [-0.1, -0.05) is 25.5 Å². The molecule has 1 unspecified atom stereocenters. The molecule has 2 rings (SSSR count). The van der Waals surface area contributed by atoms with E-state index in [-0.39, 0.29) is 0 Å². The number of methoxy groups -OCH3 is 1. The first-order chi connectivity index (χ1) is 9.85. The largest absolute Gasteiger partial charge is 0.493 e. The maximum Gasteiger partial charge on any atom is 0.165 e. The number of hydrogen-bond acceptors (Lipinski definition) is 4. The minimum absolute atomic E-state index is 0.560. The van der Waals surface area contributed by atoms with Gasteiger partial charge < -0.3 is 20.1 Å². The molecule has 112 valence electrons. The molecule has 20 heavy (non-hydrogen) atoms. The monoisotopic (exact) mass is 278 g/mol. The van der Waals surface area contributed by atoms with E-state index in [4.69, 9.17) is 9.47 Å². The molecule has 0 aromatic heterocycles. The SMILES string of the molecule is CCCCOc1c(CNC2CCNC2)cccc1OC. The molecule has 1 atom stereocenters. The van der Waals surface area contributed by atoms with Crippen LogP contribution < -0.4 is 20.1 Å². The van der Waals surface area contributed by atoms with E-state index in [1.165, 1.54) is 12.0 Å². The maximum absolute atomic E-state index is 5.93. The third-order valence-electron chi connectivity index (χ3n) is 3.67. The van der Waals surface area contributed by atoms with Crippen LogP contribution in [0.2, 0.25) is 0 Å². The topological polar surface area (TPSA) is 42.5 Å². The molecular weight excluding hydrogens is 252 g/mol. The lowest BCUT2D eigenvalue weighted by atomic mass is 10.1. The smallest absolute Gasteiger partial charge is 0.165 e. The van der Waals surface area contributed by atoms with Crippen molar-refractivity contribution in [3.05, 3.63) is 23.8 Å². The van der Waals surface area contributed by atoms with Gasteiger partial charge in [-0.3, -0.25) is 0 Å².